The highest BCUT2D eigenvalue weighted by atomic mass is 16.5. The van der Waals surface area contributed by atoms with Crippen LogP contribution in [-0.2, 0) is 0 Å². The van der Waals surface area contributed by atoms with Crippen molar-refractivity contribution in [3.8, 4) is 6.01 Å². The summed E-state index contributed by atoms with van der Waals surface area (Å²) in [6, 6.07) is 19.6. The first-order valence-electron chi connectivity index (χ1n) is 6.78. The number of hydrogen-bond acceptors (Lipinski definition) is 6. The topological polar surface area (TPSA) is 72.0 Å². The van der Waals surface area contributed by atoms with Crippen LogP contribution >= 0.6 is 0 Å². The smallest absolute Gasteiger partial charge is 0.322 e. The minimum atomic E-state index is 0.242. The molecule has 22 heavy (non-hydrogen) atoms. The molecule has 0 spiro atoms. The van der Waals surface area contributed by atoms with Gasteiger partial charge >= 0.3 is 6.01 Å². The Bertz CT molecular complexity index is 674. The van der Waals surface area contributed by atoms with Gasteiger partial charge in [-0.2, -0.15) is 15.0 Å². The molecule has 0 aliphatic rings. The van der Waals surface area contributed by atoms with Crippen LogP contribution in [-0.4, -0.2) is 22.1 Å². The van der Waals surface area contributed by atoms with Gasteiger partial charge in [0.05, 0.1) is 7.11 Å². The highest BCUT2D eigenvalue weighted by molar-refractivity contribution is 5.57. The maximum Gasteiger partial charge on any atom is 0.322 e. The lowest BCUT2D eigenvalue weighted by molar-refractivity contribution is 0.380. The fraction of sp³-hybridized carbons (Fsp3) is 0.0625. The maximum atomic E-state index is 5.13. The molecule has 0 aliphatic carbocycles. The Balaban J connectivity index is 1.86. The average Bonchev–Trinajstić information content (AvgIpc) is 2.56. The van der Waals surface area contributed by atoms with Crippen molar-refractivity contribution in [2.75, 3.05) is 17.7 Å². The zero-order chi connectivity index (χ0) is 15.2. The molecule has 3 rings (SSSR count). The Kier molecular flexibility index (Phi) is 4.10. The predicted molar refractivity (Wildman–Crippen MR) is 85.8 cm³/mol. The van der Waals surface area contributed by atoms with E-state index in [1.54, 1.807) is 0 Å². The number of aromatic nitrogens is 3. The van der Waals surface area contributed by atoms with Crippen molar-refractivity contribution in [1.82, 2.24) is 15.0 Å². The molecule has 2 N–H and O–H groups in total. The monoisotopic (exact) mass is 293 g/mol. The number of nitrogens with one attached hydrogen (secondary N) is 2. The number of hydrogen-bond donors (Lipinski definition) is 2. The highest BCUT2D eigenvalue weighted by Gasteiger charge is 2.07. The summed E-state index contributed by atoms with van der Waals surface area (Å²) in [6.07, 6.45) is 0. The Morgan fingerprint density at radius 2 is 1.14 bits per heavy atom. The van der Waals surface area contributed by atoms with Gasteiger partial charge in [-0.25, -0.2) is 0 Å². The average molecular weight is 293 g/mol. The van der Waals surface area contributed by atoms with Crippen molar-refractivity contribution < 1.29 is 4.74 Å². The van der Waals surface area contributed by atoms with Crippen LogP contribution in [0.1, 0.15) is 0 Å². The molecule has 3 aromatic rings. The molecule has 0 radical (unpaired) electrons. The van der Waals surface area contributed by atoms with Crippen molar-refractivity contribution in [2.24, 2.45) is 0 Å². The van der Waals surface area contributed by atoms with Crippen LogP contribution in [0.3, 0.4) is 0 Å². The molecule has 0 saturated carbocycles. The summed E-state index contributed by atoms with van der Waals surface area (Å²) in [4.78, 5) is 12.7. The summed E-state index contributed by atoms with van der Waals surface area (Å²) < 4.78 is 5.13. The zero-order valence-corrected chi connectivity index (χ0v) is 12.0. The fourth-order valence-electron chi connectivity index (χ4n) is 1.86. The van der Waals surface area contributed by atoms with Gasteiger partial charge in [0.2, 0.25) is 11.9 Å². The molecule has 6 nitrogen and oxygen atoms in total. The lowest BCUT2D eigenvalue weighted by Crippen LogP contribution is -2.05. The van der Waals surface area contributed by atoms with Gasteiger partial charge in [0.1, 0.15) is 0 Å². The van der Waals surface area contributed by atoms with Gasteiger partial charge in [-0.1, -0.05) is 36.4 Å². The Hall–Kier alpha value is -3.15. The molecule has 1 heterocycles. The van der Waals surface area contributed by atoms with Crippen LogP contribution in [0.4, 0.5) is 23.3 Å². The van der Waals surface area contributed by atoms with Gasteiger partial charge in [-0.05, 0) is 24.3 Å². The minimum Gasteiger partial charge on any atom is -0.467 e. The van der Waals surface area contributed by atoms with Crippen molar-refractivity contribution in [2.45, 2.75) is 0 Å². The number of benzene rings is 2. The van der Waals surface area contributed by atoms with Crippen molar-refractivity contribution >= 4 is 23.3 Å². The second kappa shape index (κ2) is 6.53. The Morgan fingerprint density at radius 1 is 0.682 bits per heavy atom. The van der Waals surface area contributed by atoms with Crippen LogP contribution in [0.5, 0.6) is 6.01 Å². The first-order chi connectivity index (χ1) is 10.8. The van der Waals surface area contributed by atoms with E-state index < -0.39 is 0 Å². The van der Waals surface area contributed by atoms with Crippen molar-refractivity contribution in [1.29, 1.82) is 0 Å². The molecule has 0 bridgehead atoms. The third kappa shape index (κ3) is 3.49. The van der Waals surface area contributed by atoms with E-state index in [9.17, 15) is 0 Å². The second-order valence-electron chi connectivity index (χ2n) is 4.45. The van der Waals surface area contributed by atoms with E-state index in [1.165, 1.54) is 7.11 Å². The number of rotatable bonds is 5. The molecule has 6 heteroatoms. The van der Waals surface area contributed by atoms with Crippen LogP contribution in [0.25, 0.3) is 0 Å². The van der Waals surface area contributed by atoms with Crippen LogP contribution < -0.4 is 15.4 Å². The first-order valence-corrected chi connectivity index (χ1v) is 6.78. The molecular weight excluding hydrogens is 278 g/mol. The molecule has 110 valence electrons. The van der Waals surface area contributed by atoms with Gasteiger partial charge in [0, 0.05) is 11.4 Å². The normalized spacial score (nSPS) is 10.0. The summed E-state index contributed by atoms with van der Waals surface area (Å²) in [5.74, 6) is 0.827. The van der Waals surface area contributed by atoms with E-state index in [1.807, 2.05) is 60.7 Å². The van der Waals surface area contributed by atoms with Gasteiger partial charge in [0.25, 0.3) is 0 Å². The Labute approximate surface area is 128 Å². The maximum absolute atomic E-state index is 5.13. The molecule has 0 aliphatic heterocycles. The van der Waals surface area contributed by atoms with Crippen LogP contribution in [0.15, 0.2) is 60.7 Å². The fourth-order valence-corrected chi connectivity index (χ4v) is 1.86. The predicted octanol–water partition coefficient (Wildman–Crippen LogP) is 3.37. The lowest BCUT2D eigenvalue weighted by Gasteiger charge is -2.09. The third-order valence-electron chi connectivity index (χ3n) is 2.86. The zero-order valence-electron chi connectivity index (χ0n) is 12.0. The second-order valence-corrected chi connectivity index (χ2v) is 4.45. The van der Waals surface area contributed by atoms with Gasteiger partial charge in [-0.3, -0.25) is 0 Å². The molecule has 0 unspecified atom stereocenters. The highest BCUT2D eigenvalue weighted by Crippen LogP contribution is 2.18. The van der Waals surface area contributed by atoms with Gasteiger partial charge < -0.3 is 15.4 Å². The largest absolute Gasteiger partial charge is 0.467 e. The molecule has 0 fully saturated rings. The first kappa shape index (κ1) is 13.8. The SMILES string of the molecule is COc1nc(Nc2ccccc2)nc(Nc2ccccc2)n1. The summed E-state index contributed by atoms with van der Waals surface area (Å²) in [5, 5.41) is 6.25. The molecule has 1 aromatic heterocycles. The number of methoxy groups -OCH3 is 1. The van der Waals surface area contributed by atoms with Crippen molar-refractivity contribution in [3.05, 3.63) is 60.7 Å². The minimum absolute atomic E-state index is 0.242. The molecule has 0 saturated heterocycles. The van der Waals surface area contributed by atoms with E-state index in [2.05, 4.69) is 25.6 Å². The summed E-state index contributed by atoms with van der Waals surface area (Å²) >= 11 is 0. The summed E-state index contributed by atoms with van der Waals surface area (Å²) in [5.41, 5.74) is 1.78. The van der Waals surface area contributed by atoms with E-state index in [-0.39, 0.29) is 6.01 Å². The number of nitrogens with zero attached hydrogens (tertiary/aromatic N) is 3. The summed E-state index contributed by atoms with van der Waals surface area (Å²) in [6.45, 7) is 0. The summed E-state index contributed by atoms with van der Waals surface area (Å²) in [7, 11) is 1.52. The standard InChI is InChI=1S/C16H15N5O/c1-22-16-20-14(17-12-8-4-2-5-9-12)19-15(21-16)18-13-10-6-3-7-11-13/h2-11H,1H3,(H2,17,18,19,20,21). The van der Waals surface area contributed by atoms with Gasteiger partial charge in [0.15, 0.2) is 0 Å². The molecule has 0 atom stereocenters. The van der Waals surface area contributed by atoms with Crippen molar-refractivity contribution in [3.63, 3.8) is 0 Å². The van der Waals surface area contributed by atoms with E-state index in [0.29, 0.717) is 11.9 Å². The third-order valence-corrected chi connectivity index (χ3v) is 2.86. The number of anilines is 4. The molecule has 2 aromatic carbocycles. The van der Waals surface area contributed by atoms with E-state index >= 15 is 0 Å². The molecule has 0 amide bonds. The lowest BCUT2D eigenvalue weighted by atomic mass is 10.3. The number of ether oxygens (including phenoxy) is 1. The van der Waals surface area contributed by atoms with E-state index in [0.717, 1.165) is 11.4 Å². The van der Waals surface area contributed by atoms with Crippen LogP contribution in [0.2, 0.25) is 0 Å². The van der Waals surface area contributed by atoms with Crippen LogP contribution in [0, 0.1) is 0 Å². The Morgan fingerprint density at radius 3 is 1.55 bits per heavy atom. The molecular formula is C16H15N5O. The van der Waals surface area contributed by atoms with E-state index in [4.69, 9.17) is 4.74 Å². The number of para-hydroxylation sites is 2. The quantitative estimate of drug-likeness (QED) is 0.751. The van der Waals surface area contributed by atoms with Gasteiger partial charge in [-0.15, -0.1) is 0 Å².